The van der Waals surface area contributed by atoms with Gasteiger partial charge in [-0.15, -0.1) is 0 Å². The number of nitrogens with one attached hydrogen (secondary N) is 1. The number of piperidine rings is 1. The van der Waals surface area contributed by atoms with Crippen LogP contribution in [0.25, 0.3) is 0 Å². The lowest BCUT2D eigenvalue weighted by atomic mass is 9.97. The van der Waals surface area contributed by atoms with E-state index in [4.69, 9.17) is 10.5 Å². The maximum atomic E-state index is 12.4. The van der Waals surface area contributed by atoms with Crippen LogP contribution in [0.15, 0.2) is 0 Å². The molecule has 2 heterocycles. The van der Waals surface area contributed by atoms with Gasteiger partial charge in [0, 0.05) is 26.8 Å². The summed E-state index contributed by atoms with van der Waals surface area (Å²) in [5.74, 6) is 0.494. The van der Waals surface area contributed by atoms with Gasteiger partial charge in [-0.2, -0.15) is 5.10 Å². The van der Waals surface area contributed by atoms with E-state index in [9.17, 15) is 4.79 Å². The number of hydrogen-bond acceptors (Lipinski definition) is 4. The van der Waals surface area contributed by atoms with Gasteiger partial charge in [-0.05, 0) is 25.2 Å². The Balaban J connectivity index is 1.98. The highest BCUT2D eigenvalue weighted by Crippen LogP contribution is 2.22. The molecule has 1 aromatic heterocycles. The lowest BCUT2D eigenvalue weighted by Gasteiger charge is -2.31. The van der Waals surface area contributed by atoms with Crippen molar-refractivity contribution in [2.75, 3.05) is 32.5 Å². The molecule has 0 bridgehead atoms. The second-order valence-corrected chi connectivity index (χ2v) is 5.41. The van der Waals surface area contributed by atoms with Crippen LogP contribution in [0.1, 0.15) is 42.4 Å². The first-order valence-electron chi connectivity index (χ1n) is 7.28. The number of anilines is 1. The Morgan fingerprint density at radius 3 is 2.80 bits per heavy atom. The number of methoxy groups -OCH3 is 1. The van der Waals surface area contributed by atoms with Crippen LogP contribution in [0.5, 0.6) is 0 Å². The molecule has 1 aromatic rings. The van der Waals surface area contributed by atoms with Crippen LogP contribution < -0.4 is 5.73 Å². The molecule has 3 N–H and O–H groups in total. The molecule has 1 fully saturated rings. The number of ether oxygens (including phenoxy) is 1. The van der Waals surface area contributed by atoms with E-state index in [1.165, 1.54) is 0 Å². The number of amides is 1. The minimum Gasteiger partial charge on any atom is -0.395 e. The molecule has 1 amide bonds. The summed E-state index contributed by atoms with van der Waals surface area (Å²) in [6, 6.07) is 0. The maximum Gasteiger partial charge on any atom is 0.276 e. The summed E-state index contributed by atoms with van der Waals surface area (Å²) in [5, 5.41) is 6.98. The maximum absolute atomic E-state index is 12.4. The van der Waals surface area contributed by atoms with Gasteiger partial charge in [0.1, 0.15) is 0 Å². The zero-order valence-corrected chi connectivity index (χ0v) is 12.3. The highest BCUT2D eigenvalue weighted by molar-refractivity contribution is 5.97. The van der Waals surface area contributed by atoms with Crippen molar-refractivity contribution in [3.8, 4) is 0 Å². The molecule has 0 atom stereocenters. The van der Waals surface area contributed by atoms with Crippen molar-refractivity contribution >= 4 is 11.6 Å². The number of aryl methyl sites for hydroxylation is 1. The topological polar surface area (TPSA) is 84.2 Å². The van der Waals surface area contributed by atoms with Gasteiger partial charge >= 0.3 is 0 Å². The first kappa shape index (κ1) is 14.8. The average Bonchev–Trinajstić information content (AvgIpc) is 2.81. The second-order valence-electron chi connectivity index (χ2n) is 5.41. The van der Waals surface area contributed by atoms with Crippen LogP contribution in [-0.2, 0) is 11.2 Å². The van der Waals surface area contributed by atoms with E-state index in [1.807, 2.05) is 4.90 Å². The van der Waals surface area contributed by atoms with Crippen molar-refractivity contribution < 1.29 is 9.53 Å². The number of H-pyrrole nitrogens is 1. The number of hydrogen-bond donors (Lipinski definition) is 2. The quantitative estimate of drug-likeness (QED) is 0.855. The third kappa shape index (κ3) is 3.12. The Kier molecular flexibility index (Phi) is 5.00. The normalized spacial score (nSPS) is 16.6. The van der Waals surface area contributed by atoms with Crippen LogP contribution in [-0.4, -0.2) is 47.8 Å². The van der Waals surface area contributed by atoms with Crippen molar-refractivity contribution in [1.29, 1.82) is 0 Å². The second kappa shape index (κ2) is 6.74. The van der Waals surface area contributed by atoms with Crippen molar-refractivity contribution in [2.45, 2.75) is 32.6 Å². The number of carbonyl (C=O) groups is 1. The molecular formula is C14H24N4O2. The van der Waals surface area contributed by atoms with Gasteiger partial charge in [-0.25, -0.2) is 0 Å². The predicted molar refractivity (Wildman–Crippen MR) is 77.5 cm³/mol. The van der Waals surface area contributed by atoms with Gasteiger partial charge in [0.25, 0.3) is 5.91 Å². The van der Waals surface area contributed by atoms with Crippen molar-refractivity contribution in [1.82, 2.24) is 15.1 Å². The van der Waals surface area contributed by atoms with Gasteiger partial charge in [0.15, 0.2) is 5.69 Å². The first-order valence-corrected chi connectivity index (χ1v) is 7.28. The van der Waals surface area contributed by atoms with Gasteiger partial charge in [0.2, 0.25) is 0 Å². The number of nitrogens with two attached hydrogens (primary N) is 1. The summed E-state index contributed by atoms with van der Waals surface area (Å²) >= 11 is 0. The zero-order chi connectivity index (χ0) is 14.5. The summed E-state index contributed by atoms with van der Waals surface area (Å²) in [7, 11) is 1.72. The van der Waals surface area contributed by atoms with E-state index in [1.54, 1.807) is 7.11 Å². The summed E-state index contributed by atoms with van der Waals surface area (Å²) < 4.78 is 5.17. The van der Waals surface area contributed by atoms with E-state index < -0.39 is 0 Å². The Labute approximate surface area is 119 Å². The SMILES string of the molecule is CCCc1[nH]nc(C(=O)N2CCC(COC)CC2)c1N. The predicted octanol–water partition coefficient (Wildman–Crippen LogP) is 1.44. The third-order valence-electron chi connectivity index (χ3n) is 3.89. The average molecular weight is 280 g/mol. The molecular weight excluding hydrogens is 256 g/mol. The molecule has 0 spiro atoms. The molecule has 0 radical (unpaired) electrons. The fourth-order valence-electron chi connectivity index (χ4n) is 2.68. The lowest BCUT2D eigenvalue weighted by Crippen LogP contribution is -2.39. The van der Waals surface area contributed by atoms with Crippen molar-refractivity contribution in [2.24, 2.45) is 5.92 Å². The minimum absolute atomic E-state index is 0.0584. The van der Waals surface area contributed by atoms with Crippen LogP contribution in [0.3, 0.4) is 0 Å². The molecule has 0 unspecified atom stereocenters. The Hall–Kier alpha value is -1.56. The number of carbonyl (C=O) groups excluding carboxylic acids is 1. The Bertz CT molecular complexity index is 450. The number of aromatic amines is 1. The lowest BCUT2D eigenvalue weighted by molar-refractivity contribution is 0.0609. The third-order valence-corrected chi connectivity index (χ3v) is 3.89. The molecule has 112 valence electrons. The summed E-state index contributed by atoms with van der Waals surface area (Å²) in [6.45, 7) is 4.35. The van der Waals surface area contributed by atoms with Crippen LogP contribution in [0.4, 0.5) is 5.69 Å². The van der Waals surface area contributed by atoms with E-state index in [-0.39, 0.29) is 5.91 Å². The molecule has 1 aliphatic heterocycles. The van der Waals surface area contributed by atoms with Gasteiger partial charge in [-0.1, -0.05) is 13.3 Å². The summed E-state index contributed by atoms with van der Waals surface area (Å²) in [5.41, 5.74) is 7.76. The van der Waals surface area contributed by atoms with Crippen LogP contribution in [0.2, 0.25) is 0 Å². The highest BCUT2D eigenvalue weighted by atomic mass is 16.5. The Morgan fingerprint density at radius 2 is 2.20 bits per heavy atom. The standard InChI is InChI=1S/C14H24N4O2/c1-3-4-11-12(15)13(17-16-11)14(19)18-7-5-10(6-8-18)9-20-2/h10H,3-9,15H2,1-2H3,(H,16,17). The smallest absolute Gasteiger partial charge is 0.276 e. The van der Waals surface area contributed by atoms with Gasteiger partial charge in [0.05, 0.1) is 11.4 Å². The monoisotopic (exact) mass is 280 g/mol. The number of nitrogens with zero attached hydrogens (tertiary/aromatic N) is 2. The molecule has 0 aliphatic carbocycles. The molecule has 6 heteroatoms. The number of nitrogen functional groups attached to an aromatic ring is 1. The molecule has 20 heavy (non-hydrogen) atoms. The number of rotatable bonds is 5. The zero-order valence-electron chi connectivity index (χ0n) is 12.3. The van der Waals surface area contributed by atoms with E-state index >= 15 is 0 Å². The molecule has 0 aromatic carbocycles. The van der Waals surface area contributed by atoms with Crippen LogP contribution in [0, 0.1) is 5.92 Å². The number of aromatic nitrogens is 2. The van der Waals surface area contributed by atoms with E-state index in [0.29, 0.717) is 17.3 Å². The van der Waals surface area contributed by atoms with Crippen molar-refractivity contribution in [3.05, 3.63) is 11.4 Å². The fourth-order valence-corrected chi connectivity index (χ4v) is 2.68. The molecule has 2 rings (SSSR count). The van der Waals surface area contributed by atoms with Gasteiger partial charge < -0.3 is 15.4 Å². The highest BCUT2D eigenvalue weighted by Gasteiger charge is 2.27. The van der Waals surface area contributed by atoms with Crippen LogP contribution >= 0.6 is 0 Å². The summed E-state index contributed by atoms with van der Waals surface area (Å²) in [4.78, 5) is 14.3. The number of likely N-dealkylation sites (tertiary alicyclic amines) is 1. The molecule has 0 saturated carbocycles. The Morgan fingerprint density at radius 1 is 1.50 bits per heavy atom. The minimum atomic E-state index is -0.0584. The largest absolute Gasteiger partial charge is 0.395 e. The van der Waals surface area contributed by atoms with Gasteiger partial charge in [-0.3, -0.25) is 9.89 Å². The first-order chi connectivity index (χ1) is 9.67. The van der Waals surface area contributed by atoms with Crippen molar-refractivity contribution in [3.63, 3.8) is 0 Å². The molecule has 1 saturated heterocycles. The fraction of sp³-hybridized carbons (Fsp3) is 0.714. The van der Waals surface area contributed by atoms with E-state index in [2.05, 4.69) is 17.1 Å². The molecule has 1 aliphatic rings. The molecule has 6 nitrogen and oxygen atoms in total. The summed E-state index contributed by atoms with van der Waals surface area (Å²) in [6.07, 6.45) is 3.75. The van der Waals surface area contributed by atoms with E-state index in [0.717, 1.165) is 51.1 Å².